The van der Waals surface area contributed by atoms with Crippen LogP contribution in [0.25, 0.3) is 0 Å². The molecule has 2 aliphatic heterocycles. The van der Waals surface area contributed by atoms with E-state index in [-0.39, 0.29) is 5.54 Å². The fourth-order valence-corrected chi connectivity index (χ4v) is 3.17. The molecule has 0 atom stereocenters. The van der Waals surface area contributed by atoms with Gasteiger partial charge in [0.05, 0.1) is 18.8 Å². The quantitative estimate of drug-likeness (QED) is 0.831. The van der Waals surface area contributed by atoms with Gasteiger partial charge in [0.1, 0.15) is 0 Å². The van der Waals surface area contributed by atoms with Gasteiger partial charge >= 0.3 is 0 Å². The highest BCUT2D eigenvalue weighted by atomic mass is 79.9. The average Bonchev–Trinajstić information content (AvgIpc) is 2.32. The number of hydrogen-bond donors (Lipinski definition) is 0. The molecule has 0 aliphatic carbocycles. The van der Waals surface area contributed by atoms with E-state index in [2.05, 4.69) is 45.1 Å². The maximum absolute atomic E-state index is 5.52. The van der Waals surface area contributed by atoms with Gasteiger partial charge in [-0.25, -0.2) is 0 Å². The van der Waals surface area contributed by atoms with Crippen molar-refractivity contribution in [3.05, 3.63) is 34.3 Å². The lowest BCUT2D eigenvalue weighted by Crippen LogP contribution is -2.60. The van der Waals surface area contributed by atoms with E-state index in [1.54, 1.807) is 0 Å². The van der Waals surface area contributed by atoms with Crippen molar-refractivity contribution in [2.45, 2.75) is 24.8 Å². The van der Waals surface area contributed by atoms with Crippen LogP contribution in [0.2, 0.25) is 0 Å². The second-order valence-corrected chi connectivity index (χ2v) is 5.99. The molecule has 0 spiro atoms. The van der Waals surface area contributed by atoms with E-state index in [0.29, 0.717) is 0 Å². The summed E-state index contributed by atoms with van der Waals surface area (Å²) in [6.07, 6.45) is 4.05. The third-order valence-electron chi connectivity index (χ3n) is 4.02. The summed E-state index contributed by atoms with van der Waals surface area (Å²) < 4.78 is 6.67. The van der Waals surface area contributed by atoms with Crippen LogP contribution in [0.3, 0.4) is 0 Å². The lowest BCUT2D eigenvalue weighted by Gasteiger charge is -2.51. The predicted octanol–water partition coefficient (Wildman–Crippen LogP) is 3.16. The molecule has 2 heterocycles. The molecule has 0 saturated carbocycles. The number of ether oxygens (including phenoxy) is 1. The summed E-state index contributed by atoms with van der Waals surface area (Å²) in [6.45, 7) is 4.15. The molecule has 2 aliphatic rings. The lowest BCUT2D eigenvalue weighted by atomic mass is 9.84. The fourth-order valence-electron chi connectivity index (χ4n) is 2.91. The zero-order chi connectivity index (χ0) is 11.7. The van der Waals surface area contributed by atoms with Crippen molar-refractivity contribution >= 4 is 15.9 Å². The van der Waals surface area contributed by atoms with E-state index in [0.717, 1.165) is 17.7 Å². The predicted molar refractivity (Wildman–Crippen MR) is 72.1 cm³/mol. The summed E-state index contributed by atoms with van der Waals surface area (Å²) in [4.78, 5) is 2.63. The first-order chi connectivity index (χ1) is 8.31. The van der Waals surface area contributed by atoms with Crippen LogP contribution in [0.5, 0.6) is 0 Å². The van der Waals surface area contributed by atoms with Crippen molar-refractivity contribution in [2.24, 2.45) is 0 Å². The van der Waals surface area contributed by atoms with Gasteiger partial charge in [-0.2, -0.15) is 0 Å². The van der Waals surface area contributed by atoms with Crippen molar-refractivity contribution < 1.29 is 4.74 Å². The Morgan fingerprint density at radius 1 is 1.00 bits per heavy atom. The summed E-state index contributed by atoms with van der Waals surface area (Å²) >= 11 is 3.50. The van der Waals surface area contributed by atoms with E-state index < -0.39 is 0 Å². The molecular formula is C14H18BrNO. The molecule has 2 nitrogen and oxygen atoms in total. The summed E-state index contributed by atoms with van der Waals surface area (Å²) in [6, 6.07) is 8.75. The van der Waals surface area contributed by atoms with Gasteiger partial charge < -0.3 is 4.74 Å². The fraction of sp³-hybridized carbons (Fsp3) is 0.571. The summed E-state index contributed by atoms with van der Waals surface area (Å²) in [5.74, 6) is 0. The molecule has 17 heavy (non-hydrogen) atoms. The lowest BCUT2D eigenvalue weighted by molar-refractivity contribution is -0.151. The number of halogens is 1. The standard InChI is InChI=1S/C14H18BrNO/c15-13-6-4-12(5-7-13)14(10-17-11-14)16-8-2-1-3-9-16/h4-7H,1-3,8-11H2. The Morgan fingerprint density at radius 2 is 1.65 bits per heavy atom. The third-order valence-corrected chi connectivity index (χ3v) is 4.55. The van der Waals surface area contributed by atoms with Gasteiger partial charge in [-0.3, -0.25) is 4.90 Å². The van der Waals surface area contributed by atoms with Gasteiger partial charge in [0.25, 0.3) is 0 Å². The Morgan fingerprint density at radius 3 is 2.18 bits per heavy atom. The van der Waals surface area contributed by atoms with Gasteiger partial charge in [-0.15, -0.1) is 0 Å². The molecular weight excluding hydrogens is 278 g/mol. The van der Waals surface area contributed by atoms with Gasteiger partial charge in [-0.1, -0.05) is 34.5 Å². The summed E-state index contributed by atoms with van der Waals surface area (Å²) in [5, 5.41) is 0. The zero-order valence-electron chi connectivity index (χ0n) is 9.99. The molecule has 0 radical (unpaired) electrons. The molecule has 0 N–H and O–H groups in total. The molecule has 0 bridgehead atoms. The first-order valence-electron chi connectivity index (χ1n) is 6.40. The molecule has 2 fully saturated rings. The van der Waals surface area contributed by atoms with Crippen molar-refractivity contribution in [1.29, 1.82) is 0 Å². The van der Waals surface area contributed by atoms with E-state index in [1.165, 1.54) is 37.9 Å². The second kappa shape index (κ2) is 4.71. The van der Waals surface area contributed by atoms with Crippen LogP contribution in [0, 0.1) is 0 Å². The van der Waals surface area contributed by atoms with Gasteiger partial charge in [0.2, 0.25) is 0 Å². The SMILES string of the molecule is Brc1ccc(C2(N3CCCCC3)COC2)cc1. The largest absolute Gasteiger partial charge is 0.377 e. The highest BCUT2D eigenvalue weighted by Gasteiger charge is 2.45. The van der Waals surface area contributed by atoms with Crippen molar-refractivity contribution in [3.63, 3.8) is 0 Å². The maximum Gasteiger partial charge on any atom is 0.0933 e. The normalized spacial score (nSPS) is 24.3. The zero-order valence-corrected chi connectivity index (χ0v) is 11.6. The minimum Gasteiger partial charge on any atom is -0.377 e. The summed E-state index contributed by atoms with van der Waals surface area (Å²) in [7, 11) is 0. The molecule has 1 aromatic rings. The topological polar surface area (TPSA) is 12.5 Å². The Labute approximate surface area is 111 Å². The van der Waals surface area contributed by atoms with E-state index in [1.807, 2.05) is 0 Å². The number of hydrogen-bond acceptors (Lipinski definition) is 2. The molecule has 0 amide bonds. The molecule has 0 unspecified atom stereocenters. The average molecular weight is 296 g/mol. The van der Waals surface area contributed by atoms with Crippen LogP contribution < -0.4 is 0 Å². The number of piperidine rings is 1. The Balaban J connectivity index is 1.87. The highest BCUT2D eigenvalue weighted by Crippen LogP contribution is 2.38. The van der Waals surface area contributed by atoms with Crippen LogP contribution in [-0.2, 0) is 10.3 Å². The maximum atomic E-state index is 5.52. The first kappa shape index (κ1) is 11.7. The second-order valence-electron chi connectivity index (χ2n) is 5.08. The van der Waals surface area contributed by atoms with Crippen LogP contribution in [-0.4, -0.2) is 31.2 Å². The number of nitrogens with zero attached hydrogens (tertiary/aromatic N) is 1. The minimum atomic E-state index is 0.168. The number of benzene rings is 1. The van der Waals surface area contributed by atoms with Crippen LogP contribution in [0.1, 0.15) is 24.8 Å². The smallest absolute Gasteiger partial charge is 0.0933 e. The van der Waals surface area contributed by atoms with Crippen LogP contribution in [0.15, 0.2) is 28.7 Å². The molecule has 1 aromatic carbocycles. The van der Waals surface area contributed by atoms with E-state index >= 15 is 0 Å². The Hall–Kier alpha value is -0.380. The molecule has 3 heteroatoms. The summed E-state index contributed by atoms with van der Waals surface area (Å²) in [5.41, 5.74) is 1.58. The minimum absolute atomic E-state index is 0.168. The number of likely N-dealkylation sites (tertiary alicyclic amines) is 1. The van der Waals surface area contributed by atoms with E-state index in [9.17, 15) is 0 Å². The Kier molecular flexibility index (Phi) is 3.24. The van der Waals surface area contributed by atoms with Crippen molar-refractivity contribution in [1.82, 2.24) is 4.90 Å². The van der Waals surface area contributed by atoms with Gasteiger partial charge in [0, 0.05) is 4.47 Å². The molecule has 3 rings (SSSR count). The van der Waals surface area contributed by atoms with Crippen LogP contribution in [0.4, 0.5) is 0 Å². The number of rotatable bonds is 2. The van der Waals surface area contributed by atoms with E-state index in [4.69, 9.17) is 4.74 Å². The molecule has 2 saturated heterocycles. The van der Waals surface area contributed by atoms with Crippen molar-refractivity contribution in [2.75, 3.05) is 26.3 Å². The highest BCUT2D eigenvalue weighted by molar-refractivity contribution is 9.10. The third kappa shape index (κ3) is 2.05. The van der Waals surface area contributed by atoms with Crippen LogP contribution >= 0.6 is 15.9 Å². The molecule has 92 valence electrons. The first-order valence-corrected chi connectivity index (χ1v) is 7.19. The molecule has 0 aromatic heterocycles. The Bertz CT molecular complexity index is 380. The van der Waals surface area contributed by atoms with Crippen molar-refractivity contribution in [3.8, 4) is 0 Å². The van der Waals surface area contributed by atoms with Gasteiger partial charge in [0.15, 0.2) is 0 Å². The monoisotopic (exact) mass is 295 g/mol. The van der Waals surface area contributed by atoms with Gasteiger partial charge in [-0.05, 0) is 43.6 Å².